The minimum atomic E-state index is -0.993. The summed E-state index contributed by atoms with van der Waals surface area (Å²) in [6.45, 7) is 4.18. The van der Waals surface area contributed by atoms with E-state index >= 15 is 0 Å². The number of nitrogens with zero attached hydrogens (tertiary/aromatic N) is 1. The summed E-state index contributed by atoms with van der Waals surface area (Å²) in [5.74, 6) is -0.175. The lowest BCUT2D eigenvalue weighted by atomic mass is 9.88. The molecule has 0 saturated carbocycles. The molecule has 0 bridgehead atoms. The lowest BCUT2D eigenvalue weighted by Crippen LogP contribution is -2.41. The summed E-state index contributed by atoms with van der Waals surface area (Å²) in [4.78, 5) is 26.1. The van der Waals surface area contributed by atoms with Crippen molar-refractivity contribution in [3.8, 4) is 0 Å². The summed E-state index contributed by atoms with van der Waals surface area (Å²) in [6, 6.07) is 13.4. The normalized spacial score (nSPS) is 21.9. The Morgan fingerprint density at radius 1 is 1.10 bits per heavy atom. The summed E-state index contributed by atoms with van der Waals surface area (Å²) in [7, 11) is 0. The van der Waals surface area contributed by atoms with Crippen LogP contribution in [0.3, 0.4) is 0 Å². The van der Waals surface area contributed by atoms with E-state index < -0.39 is 5.54 Å². The van der Waals surface area contributed by atoms with Gasteiger partial charge in [0, 0.05) is 6.54 Å². The van der Waals surface area contributed by atoms with E-state index in [1.807, 2.05) is 49.4 Å². The zero-order chi connectivity index (χ0) is 15.0. The number of amides is 3. The second kappa shape index (κ2) is 4.88. The number of hydrogen-bond acceptors (Lipinski definition) is 2. The van der Waals surface area contributed by atoms with Crippen LogP contribution in [0.1, 0.15) is 25.8 Å². The number of rotatable bonds is 3. The fourth-order valence-corrected chi connectivity index (χ4v) is 2.97. The third-order valence-electron chi connectivity index (χ3n) is 4.05. The number of carbonyl (C=O) groups excluding carboxylic acids is 2. The van der Waals surface area contributed by atoms with Crippen LogP contribution >= 0.6 is 0 Å². The Hall–Kier alpha value is -2.36. The van der Waals surface area contributed by atoms with Crippen molar-refractivity contribution < 1.29 is 9.59 Å². The molecular formula is C17H18N2O2. The van der Waals surface area contributed by atoms with Crippen LogP contribution in [-0.2, 0) is 10.3 Å². The molecule has 3 rings (SSSR count). The van der Waals surface area contributed by atoms with E-state index in [1.165, 1.54) is 4.90 Å². The molecule has 1 saturated heterocycles. The van der Waals surface area contributed by atoms with Crippen molar-refractivity contribution in [2.75, 3.05) is 6.54 Å². The molecule has 1 N–H and O–H groups in total. The lowest BCUT2D eigenvalue weighted by Gasteiger charge is -2.24. The van der Waals surface area contributed by atoms with Crippen LogP contribution in [0.25, 0.3) is 10.8 Å². The van der Waals surface area contributed by atoms with E-state index in [2.05, 4.69) is 5.32 Å². The molecule has 1 fully saturated rings. The second-order valence-electron chi connectivity index (χ2n) is 5.54. The molecule has 0 radical (unpaired) electrons. The molecule has 0 aliphatic carbocycles. The Balaban J connectivity index is 2.14. The van der Waals surface area contributed by atoms with Crippen LogP contribution in [0, 0.1) is 0 Å². The highest BCUT2D eigenvalue weighted by Crippen LogP contribution is 2.33. The zero-order valence-corrected chi connectivity index (χ0v) is 12.2. The first kappa shape index (κ1) is 13.6. The average molecular weight is 282 g/mol. The third-order valence-corrected chi connectivity index (χ3v) is 4.05. The lowest BCUT2D eigenvalue weighted by molar-refractivity contribution is -0.131. The van der Waals surface area contributed by atoms with Crippen molar-refractivity contribution in [2.24, 2.45) is 0 Å². The van der Waals surface area contributed by atoms with Crippen molar-refractivity contribution in [3.63, 3.8) is 0 Å². The molecule has 21 heavy (non-hydrogen) atoms. The minimum absolute atomic E-state index is 0.175. The molecule has 1 heterocycles. The van der Waals surface area contributed by atoms with Crippen molar-refractivity contribution >= 4 is 22.7 Å². The van der Waals surface area contributed by atoms with Gasteiger partial charge in [0.25, 0.3) is 5.91 Å². The summed E-state index contributed by atoms with van der Waals surface area (Å²) < 4.78 is 0. The van der Waals surface area contributed by atoms with Crippen molar-refractivity contribution in [1.82, 2.24) is 10.2 Å². The topological polar surface area (TPSA) is 49.4 Å². The van der Waals surface area contributed by atoms with E-state index in [9.17, 15) is 9.59 Å². The van der Waals surface area contributed by atoms with Crippen LogP contribution in [0.5, 0.6) is 0 Å². The van der Waals surface area contributed by atoms with Gasteiger partial charge in [-0.3, -0.25) is 9.69 Å². The highest BCUT2D eigenvalue weighted by molar-refractivity contribution is 6.09. The maximum atomic E-state index is 12.7. The molecular weight excluding hydrogens is 264 g/mol. The Kier molecular flexibility index (Phi) is 3.16. The molecule has 4 nitrogen and oxygen atoms in total. The number of urea groups is 1. The minimum Gasteiger partial charge on any atom is -0.319 e. The monoisotopic (exact) mass is 282 g/mol. The molecule has 1 atom stereocenters. The van der Waals surface area contributed by atoms with E-state index in [0.717, 1.165) is 22.8 Å². The summed E-state index contributed by atoms with van der Waals surface area (Å²) in [5.41, 5.74) is -0.148. The van der Waals surface area contributed by atoms with Crippen LogP contribution < -0.4 is 5.32 Å². The van der Waals surface area contributed by atoms with E-state index in [-0.39, 0.29) is 11.9 Å². The van der Waals surface area contributed by atoms with Crippen molar-refractivity contribution in [1.29, 1.82) is 0 Å². The van der Waals surface area contributed by atoms with Gasteiger partial charge < -0.3 is 5.32 Å². The molecule has 2 aromatic carbocycles. The number of fused-ring (bicyclic) bond motifs is 1. The van der Waals surface area contributed by atoms with Gasteiger partial charge in [0.15, 0.2) is 0 Å². The summed E-state index contributed by atoms with van der Waals surface area (Å²) in [5, 5.41) is 4.92. The maximum absolute atomic E-state index is 12.7. The van der Waals surface area contributed by atoms with Crippen LogP contribution in [0.2, 0.25) is 0 Å². The number of imide groups is 1. The van der Waals surface area contributed by atoms with Crippen LogP contribution in [0.15, 0.2) is 42.5 Å². The largest absolute Gasteiger partial charge is 0.325 e. The first-order valence-corrected chi connectivity index (χ1v) is 7.20. The van der Waals surface area contributed by atoms with Crippen molar-refractivity contribution in [3.05, 3.63) is 48.0 Å². The Morgan fingerprint density at radius 3 is 2.57 bits per heavy atom. The molecule has 3 amide bonds. The number of hydrogen-bond donors (Lipinski definition) is 1. The van der Waals surface area contributed by atoms with Gasteiger partial charge in [-0.05, 0) is 29.7 Å². The quantitative estimate of drug-likeness (QED) is 0.880. The van der Waals surface area contributed by atoms with Crippen LogP contribution in [-0.4, -0.2) is 23.4 Å². The first-order valence-electron chi connectivity index (χ1n) is 7.20. The second-order valence-corrected chi connectivity index (χ2v) is 5.54. The molecule has 1 aliphatic rings. The standard InChI is InChI=1S/C17H18N2O2/c1-3-11-19-15(20)17(2,18-16(19)21)14-10-6-8-12-7-4-5-9-13(12)14/h4-10H,3,11H2,1-2H3,(H,18,21)/t17-/m0/s1. The molecule has 4 heteroatoms. The van der Waals surface area contributed by atoms with Gasteiger partial charge in [0.2, 0.25) is 0 Å². The van der Waals surface area contributed by atoms with Gasteiger partial charge >= 0.3 is 6.03 Å². The predicted octanol–water partition coefficient (Wildman–Crippen LogP) is 3.02. The Labute approximate surface area is 123 Å². The molecule has 108 valence electrons. The zero-order valence-electron chi connectivity index (χ0n) is 12.2. The molecule has 2 aromatic rings. The van der Waals surface area contributed by atoms with Gasteiger partial charge in [-0.15, -0.1) is 0 Å². The number of benzene rings is 2. The molecule has 0 spiro atoms. The van der Waals surface area contributed by atoms with Gasteiger partial charge in [-0.1, -0.05) is 49.4 Å². The highest BCUT2D eigenvalue weighted by Gasteiger charge is 2.49. The number of carbonyl (C=O) groups is 2. The van der Waals surface area contributed by atoms with Gasteiger partial charge in [-0.25, -0.2) is 4.79 Å². The van der Waals surface area contributed by atoms with Crippen molar-refractivity contribution in [2.45, 2.75) is 25.8 Å². The van der Waals surface area contributed by atoms with Gasteiger partial charge in [0.05, 0.1) is 0 Å². The molecule has 1 aliphatic heterocycles. The predicted molar refractivity (Wildman–Crippen MR) is 81.8 cm³/mol. The van der Waals surface area contributed by atoms with E-state index in [0.29, 0.717) is 6.54 Å². The molecule has 0 unspecified atom stereocenters. The van der Waals surface area contributed by atoms with E-state index in [1.54, 1.807) is 6.92 Å². The van der Waals surface area contributed by atoms with E-state index in [4.69, 9.17) is 0 Å². The fourth-order valence-electron chi connectivity index (χ4n) is 2.97. The Bertz CT molecular complexity index is 720. The Morgan fingerprint density at radius 2 is 1.81 bits per heavy atom. The van der Waals surface area contributed by atoms with Gasteiger partial charge in [-0.2, -0.15) is 0 Å². The third kappa shape index (κ3) is 1.98. The maximum Gasteiger partial charge on any atom is 0.325 e. The SMILES string of the molecule is CCCN1C(=O)N[C@@](C)(c2cccc3ccccc23)C1=O. The van der Waals surface area contributed by atoms with Gasteiger partial charge in [0.1, 0.15) is 5.54 Å². The summed E-state index contributed by atoms with van der Waals surface area (Å²) >= 11 is 0. The fraction of sp³-hybridized carbons (Fsp3) is 0.294. The average Bonchev–Trinajstić information content (AvgIpc) is 2.71. The molecule has 0 aromatic heterocycles. The first-order chi connectivity index (χ1) is 10.1. The smallest absolute Gasteiger partial charge is 0.319 e. The number of nitrogens with one attached hydrogen (secondary N) is 1. The summed E-state index contributed by atoms with van der Waals surface area (Å²) in [6.07, 6.45) is 0.755. The van der Waals surface area contributed by atoms with Crippen LogP contribution in [0.4, 0.5) is 4.79 Å². The highest BCUT2D eigenvalue weighted by atomic mass is 16.2.